The van der Waals surface area contributed by atoms with E-state index in [4.69, 9.17) is 9.47 Å². The number of benzene rings is 2. The molecule has 9 heteroatoms. The molecule has 2 aromatic carbocycles. The van der Waals surface area contributed by atoms with E-state index in [9.17, 15) is 13.2 Å². The van der Waals surface area contributed by atoms with Gasteiger partial charge in [0.2, 0.25) is 0 Å². The number of imidazole rings is 1. The second-order valence-corrected chi connectivity index (χ2v) is 10.5. The van der Waals surface area contributed by atoms with Crippen molar-refractivity contribution >= 4 is 26.8 Å². The molecule has 1 spiro atoms. The molecule has 1 amide bonds. The number of amides is 1. The Labute approximate surface area is 180 Å². The molecule has 5 rings (SSSR count). The molecule has 2 saturated heterocycles. The van der Waals surface area contributed by atoms with Gasteiger partial charge in [-0.2, -0.15) is 0 Å². The summed E-state index contributed by atoms with van der Waals surface area (Å²) < 4.78 is 39.3. The summed E-state index contributed by atoms with van der Waals surface area (Å²) in [7, 11) is -1.88. The third-order valence-corrected chi connectivity index (χ3v) is 8.29. The average molecular weight is 442 g/mol. The number of carbonyl (C=O) groups is 1. The van der Waals surface area contributed by atoms with Crippen LogP contribution in [0.5, 0.6) is 5.75 Å². The van der Waals surface area contributed by atoms with E-state index < -0.39 is 20.7 Å². The molecule has 2 aliphatic heterocycles. The highest BCUT2D eigenvalue weighted by atomic mass is 32.2. The van der Waals surface area contributed by atoms with Crippen molar-refractivity contribution in [3.8, 4) is 5.75 Å². The Morgan fingerprint density at radius 1 is 1.19 bits per heavy atom. The lowest BCUT2D eigenvalue weighted by atomic mass is 9.94. The fourth-order valence-corrected chi connectivity index (χ4v) is 6.31. The van der Waals surface area contributed by atoms with Gasteiger partial charge < -0.3 is 18.9 Å². The van der Waals surface area contributed by atoms with Gasteiger partial charge in [0, 0.05) is 6.54 Å². The van der Waals surface area contributed by atoms with Crippen molar-refractivity contribution in [2.45, 2.75) is 17.4 Å². The number of para-hydroxylation sites is 3. The summed E-state index contributed by atoms with van der Waals surface area (Å²) in [5.41, 5.74) is 1.36. The van der Waals surface area contributed by atoms with Crippen molar-refractivity contribution in [3.05, 3.63) is 60.4 Å². The van der Waals surface area contributed by atoms with Gasteiger partial charge in [-0.05, 0) is 24.3 Å². The number of likely N-dealkylation sites (tertiary alicyclic amines) is 1. The summed E-state index contributed by atoms with van der Waals surface area (Å²) >= 11 is 0. The van der Waals surface area contributed by atoms with Crippen LogP contribution in [0, 0.1) is 0 Å². The Balaban J connectivity index is 1.27. The predicted octanol–water partition coefficient (Wildman–Crippen LogP) is 1.75. The molecule has 31 heavy (non-hydrogen) atoms. The zero-order chi connectivity index (χ0) is 21.6. The van der Waals surface area contributed by atoms with Crippen LogP contribution in [0.1, 0.15) is 10.4 Å². The molecule has 0 radical (unpaired) electrons. The highest BCUT2D eigenvalue weighted by Crippen LogP contribution is 2.35. The van der Waals surface area contributed by atoms with Crippen molar-refractivity contribution in [1.29, 1.82) is 0 Å². The van der Waals surface area contributed by atoms with Crippen LogP contribution in [-0.4, -0.2) is 72.2 Å². The van der Waals surface area contributed by atoms with Crippen LogP contribution in [0.15, 0.2) is 54.9 Å². The van der Waals surface area contributed by atoms with Crippen molar-refractivity contribution in [2.24, 2.45) is 0 Å². The van der Waals surface area contributed by atoms with Crippen LogP contribution >= 0.6 is 0 Å². The average Bonchev–Trinajstić information content (AvgIpc) is 3.15. The van der Waals surface area contributed by atoms with Gasteiger partial charge in [-0.25, -0.2) is 13.4 Å². The molecule has 0 N–H and O–H groups in total. The van der Waals surface area contributed by atoms with E-state index in [1.165, 1.54) is 7.11 Å². The maximum absolute atomic E-state index is 13.1. The molecule has 0 aliphatic carbocycles. The number of fused-ring (bicyclic) bond motifs is 1. The Kier molecular flexibility index (Phi) is 4.75. The Hall–Kier alpha value is -2.91. The SMILES string of the molecule is COc1ccccc1C(=O)N1CC2(C1)CS(=O)(=O)[C@@H](Cn1cnc3ccccc31)CO2. The Morgan fingerprint density at radius 2 is 1.94 bits per heavy atom. The van der Waals surface area contributed by atoms with Gasteiger partial charge in [0.1, 0.15) is 16.6 Å². The summed E-state index contributed by atoms with van der Waals surface area (Å²) in [6.07, 6.45) is 1.67. The van der Waals surface area contributed by atoms with Crippen LogP contribution in [0.25, 0.3) is 11.0 Å². The van der Waals surface area contributed by atoms with Gasteiger partial charge in [-0.3, -0.25) is 4.79 Å². The molecule has 1 atom stereocenters. The van der Waals surface area contributed by atoms with E-state index in [1.54, 1.807) is 35.5 Å². The van der Waals surface area contributed by atoms with Crippen molar-refractivity contribution < 1.29 is 22.7 Å². The molecule has 0 unspecified atom stereocenters. The first kappa shape index (κ1) is 20.0. The number of rotatable bonds is 4. The van der Waals surface area contributed by atoms with E-state index in [1.807, 2.05) is 28.8 Å². The van der Waals surface area contributed by atoms with Gasteiger partial charge in [0.15, 0.2) is 9.84 Å². The minimum Gasteiger partial charge on any atom is -0.496 e. The largest absolute Gasteiger partial charge is 0.496 e. The van der Waals surface area contributed by atoms with E-state index in [-0.39, 0.29) is 31.4 Å². The molecule has 2 aliphatic rings. The van der Waals surface area contributed by atoms with Gasteiger partial charge in [-0.15, -0.1) is 0 Å². The van der Waals surface area contributed by atoms with E-state index in [2.05, 4.69) is 4.98 Å². The van der Waals surface area contributed by atoms with Crippen LogP contribution in [0.4, 0.5) is 0 Å². The number of aromatic nitrogens is 2. The zero-order valence-electron chi connectivity index (χ0n) is 17.1. The van der Waals surface area contributed by atoms with E-state index >= 15 is 0 Å². The Bertz CT molecular complexity index is 1250. The first-order valence-corrected chi connectivity index (χ1v) is 11.8. The summed E-state index contributed by atoms with van der Waals surface area (Å²) in [5.74, 6) is 0.224. The standard InChI is InChI=1S/C22H23N3O5S/c1-29-20-9-5-2-6-17(20)21(26)25-12-22(13-25)14-31(27,28)16(11-30-22)10-24-15-23-18-7-3-4-8-19(18)24/h2-9,15-16H,10-14H2,1H3/t16-/m0/s1. The molecule has 162 valence electrons. The van der Waals surface area contributed by atoms with Gasteiger partial charge in [0.05, 0.1) is 55.5 Å². The molecule has 1 aromatic heterocycles. The number of methoxy groups -OCH3 is 1. The first-order valence-electron chi connectivity index (χ1n) is 10.1. The number of hydrogen-bond acceptors (Lipinski definition) is 6. The molecule has 0 bridgehead atoms. The fraction of sp³-hybridized carbons (Fsp3) is 0.364. The van der Waals surface area contributed by atoms with Gasteiger partial charge in [0.25, 0.3) is 5.91 Å². The van der Waals surface area contributed by atoms with Gasteiger partial charge in [-0.1, -0.05) is 24.3 Å². The fourth-order valence-electron chi connectivity index (χ4n) is 4.41. The summed E-state index contributed by atoms with van der Waals surface area (Å²) in [6, 6.07) is 14.6. The minimum atomic E-state index is -3.40. The lowest BCUT2D eigenvalue weighted by molar-refractivity contribution is -0.121. The maximum atomic E-state index is 13.1. The Morgan fingerprint density at radius 3 is 2.71 bits per heavy atom. The normalized spacial score (nSPS) is 21.7. The zero-order valence-corrected chi connectivity index (χ0v) is 17.9. The third kappa shape index (κ3) is 3.47. The van der Waals surface area contributed by atoms with Crippen LogP contribution in [-0.2, 0) is 21.1 Å². The molecule has 3 aromatic rings. The minimum absolute atomic E-state index is 0.0903. The van der Waals surface area contributed by atoms with E-state index in [0.717, 1.165) is 11.0 Å². The monoisotopic (exact) mass is 441 g/mol. The second-order valence-electron chi connectivity index (χ2n) is 8.17. The van der Waals surface area contributed by atoms with Gasteiger partial charge >= 0.3 is 0 Å². The number of hydrogen-bond donors (Lipinski definition) is 0. The number of sulfone groups is 1. The topological polar surface area (TPSA) is 90.7 Å². The predicted molar refractivity (Wildman–Crippen MR) is 115 cm³/mol. The summed E-state index contributed by atoms with van der Waals surface area (Å²) in [6.45, 7) is 0.905. The molecule has 8 nitrogen and oxygen atoms in total. The van der Waals surface area contributed by atoms with E-state index in [0.29, 0.717) is 17.9 Å². The lowest BCUT2D eigenvalue weighted by Gasteiger charge is -2.52. The number of ether oxygens (including phenoxy) is 2. The van der Waals surface area contributed by atoms with Crippen LogP contribution in [0.3, 0.4) is 0 Å². The smallest absolute Gasteiger partial charge is 0.257 e. The molecular formula is C22H23N3O5S. The quantitative estimate of drug-likeness (QED) is 0.613. The molecular weight excluding hydrogens is 418 g/mol. The third-order valence-electron chi connectivity index (χ3n) is 6.06. The first-order chi connectivity index (χ1) is 14.9. The number of carbonyl (C=O) groups excluding carboxylic acids is 1. The molecule has 0 saturated carbocycles. The van der Waals surface area contributed by atoms with Crippen molar-refractivity contribution in [3.63, 3.8) is 0 Å². The molecule has 3 heterocycles. The second kappa shape index (κ2) is 7.35. The maximum Gasteiger partial charge on any atom is 0.257 e. The lowest BCUT2D eigenvalue weighted by Crippen LogP contribution is -2.70. The summed E-state index contributed by atoms with van der Waals surface area (Å²) in [5, 5.41) is -0.644. The van der Waals surface area contributed by atoms with Crippen molar-refractivity contribution in [1.82, 2.24) is 14.5 Å². The molecule has 2 fully saturated rings. The van der Waals surface area contributed by atoms with Crippen LogP contribution in [0.2, 0.25) is 0 Å². The number of nitrogens with zero attached hydrogens (tertiary/aromatic N) is 3. The summed E-state index contributed by atoms with van der Waals surface area (Å²) in [4.78, 5) is 18.8. The van der Waals surface area contributed by atoms with Crippen LogP contribution < -0.4 is 4.74 Å². The highest BCUT2D eigenvalue weighted by molar-refractivity contribution is 7.92. The van der Waals surface area contributed by atoms with Crippen molar-refractivity contribution in [2.75, 3.05) is 32.6 Å². The highest BCUT2D eigenvalue weighted by Gasteiger charge is 2.54.